The number of aromatic nitrogens is 3. The first-order valence-electron chi connectivity index (χ1n) is 17.9. The maximum Gasteiger partial charge on any atom is 0.0789 e. The van der Waals surface area contributed by atoms with Crippen LogP contribution in [0.25, 0.3) is 93.6 Å². The summed E-state index contributed by atoms with van der Waals surface area (Å²) in [7, 11) is 0. The molecule has 1 aliphatic carbocycles. The quantitative estimate of drug-likeness (QED) is 0.180. The van der Waals surface area contributed by atoms with Crippen LogP contribution in [0.15, 0.2) is 176 Å². The molecule has 0 saturated carbocycles. The van der Waals surface area contributed by atoms with E-state index in [-0.39, 0.29) is 0 Å². The van der Waals surface area contributed by atoms with Crippen molar-refractivity contribution in [1.29, 1.82) is 0 Å². The number of para-hydroxylation sites is 3. The molecule has 0 amide bonds. The molecular weight excluding hydrogens is 619 g/mol. The molecule has 0 radical (unpaired) electrons. The Bertz CT molecular complexity index is 3070. The summed E-state index contributed by atoms with van der Waals surface area (Å²) < 4.78 is 7.50. The Kier molecular flexibility index (Phi) is 6.08. The molecular formula is C48H33N3. The van der Waals surface area contributed by atoms with E-state index in [1.54, 1.807) is 0 Å². The standard InChI is InChI=1S/C48H33N3/c1-3-15-32(16-4-1)33-17-13-20-35(31-33)50-41-24-10-7-21-36(41)38-29-30-39-37-22-8-11-25-42(37)51(48(39)47(38)50)45-28-14-27-44-46(45)40-23-9-12-26-43(40)49(44)34-18-5-2-6-19-34/h1,3-5,7-31H,2,6H2. The molecule has 0 atom stereocenters. The summed E-state index contributed by atoms with van der Waals surface area (Å²) in [6.07, 6.45) is 9.11. The van der Waals surface area contributed by atoms with Crippen LogP contribution in [0.4, 0.5) is 0 Å². The van der Waals surface area contributed by atoms with Crippen LogP contribution in [0.3, 0.4) is 0 Å². The molecule has 0 N–H and O–H groups in total. The maximum absolute atomic E-state index is 2.55. The van der Waals surface area contributed by atoms with Crippen LogP contribution < -0.4 is 0 Å². The molecule has 11 rings (SSSR count). The fraction of sp³-hybridized carbons (Fsp3) is 0.0417. The van der Waals surface area contributed by atoms with Crippen molar-refractivity contribution in [1.82, 2.24) is 13.7 Å². The Balaban J connectivity index is 1.32. The lowest BCUT2D eigenvalue weighted by Gasteiger charge is -2.15. The molecule has 0 saturated heterocycles. The molecule has 0 bridgehead atoms. The normalized spacial score (nSPS) is 13.4. The first-order chi connectivity index (χ1) is 25.3. The van der Waals surface area contributed by atoms with E-state index >= 15 is 0 Å². The number of nitrogens with zero attached hydrogens (tertiary/aromatic N) is 3. The third-order valence-corrected chi connectivity index (χ3v) is 10.8. The van der Waals surface area contributed by atoms with E-state index in [1.807, 2.05) is 0 Å². The van der Waals surface area contributed by atoms with E-state index in [0.717, 1.165) is 18.5 Å². The molecule has 7 aromatic carbocycles. The Morgan fingerprint density at radius 2 is 0.980 bits per heavy atom. The molecule has 3 heteroatoms. The second-order valence-electron chi connectivity index (χ2n) is 13.6. The number of hydrogen-bond donors (Lipinski definition) is 0. The van der Waals surface area contributed by atoms with Gasteiger partial charge in [-0.3, -0.25) is 0 Å². The van der Waals surface area contributed by atoms with Crippen molar-refractivity contribution in [2.75, 3.05) is 0 Å². The molecule has 240 valence electrons. The van der Waals surface area contributed by atoms with Crippen molar-refractivity contribution >= 4 is 71.1 Å². The maximum atomic E-state index is 2.55. The molecule has 3 heterocycles. The van der Waals surface area contributed by atoms with Crippen LogP contribution in [-0.4, -0.2) is 13.7 Å². The van der Waals surface area contributed by atoms with Crippen molar-refractivity contribution in [3.63, 3.8) is 0 Å². The second kappa shape index (κ2) is 11.0. The van der Waals surface area contributed by atoms with Gasteiger partial charge in [0.25, 0.3) is 0 Å². The van der Waals surface area contributed by atoms with E-state index < -0.39 is 0 Å². The number of allylic oxidation sites excluding steroid dienone is 4. The van der Waals surface area contributed by atoms with E-state index in [9.17, 15) is 0 Å². The minimum Gasteiger partial charge on any atom is -0.310 e. The van der Waals surface area contributed by atoms with E-state index in [1.165, 1.54) is 87.9 Å². The number of benzene rings is 7. The Morgan fingerprint density at radius 1 is 0.392 bits per heavy atom. The first-order valence-corrected chi connectivity index (χ1v) is 17.9. The molecule has 0 fully saturated rings. The largest absolute Gasteiger partial charge is 0.310 e. The van der Waals surface area contributed by atoms with Crippen molar-refractivity contribution in [3.8, 4) is 22.5 Å². The lowest BCUT2D eigenvalue weighted by molar-refractivity contribution is 1.02. The van der Waals surface area contributed by atoms with Gasteiger partial charge in [-0.2, -0.15) is 0 Å². The third-order valence-electron chi connectivity index (χ3n) is 10.8. The predicted octanol–water partition coefficient (Wildman–Crippen LogP) is 12.8. The predicted molar refractivity (Wildman–Crippen MR) is 216 cm³/mol. The van der Waals surface area contributed by atoms with E-state index in [2.05, 4.69) is 190 Å². The zero-order chi connectivity index (χ0) is 33.5. The van der Waals surface area contributed by atoms with Crippen molar-refractivity contribution < 1.29 is 0 Å². The van der Waals surface area contributed by atoms with Crippen LogP contribution in [0.5, 0.6) is 0 Å². The van der Waals surface area contributed by atoms with Gasteiger partial charge in [-0.15, -0.1) is 0 Å². The highest BCUT2D eigenvalue weighted by molar-refractivity contribution is 6.25. The smallest absolute Gasteiger partial charge is 0.0789 e. The third kappa shape index (κ3) is 4.06. The Hall–Kier alpha value is -6.58. The minimum atomic E-state index is 1.06. The number of fused-ring (bicyclic) bond motifs is 10. The van der Waals surface area contributed by atoms with Gasteiger partial charge in [0.2, 0.25) is 0 Å². The molecule has 0 aliphatic heterocycles. The lowest BCUT2D eigenvalue weighted by atomic mass is 10.1. The van der Waals surface area contributed by atoms with Gasteiger partial charge in [0.15, 0.2) is 0 Å². The topological polar surface area (TPSA) is 14.8 Å². The first kappa shape index (κ1) is 28.3. The molecule has 51 heavy (non-hydrogen) atoms. The van der Waals surface area contributed by atoms with Crippen LogP contribution in [0.2, 0.25) is 0 Å². The summed E-state index contributed by atoms with van der Waals surface area (Å²) in [6.45, 7) is 0. The fourth-order valence-corrected chi connectivity index (χ4v) is 8.70. The van der Waals surface area contributed by atoms with Gasteiger partial charge in [-0.05, 0) is 72.5 Å². The summed E-state index contributed by atoms with van der Waals surface area (Å²) in [5, 5.41) is 7.53. The zero-order valence-electron chi connectivity index (χ0n) is 28.0. The van der Waals surface area contributed by atoms with Crippen LogP contribution in [0, 0.1) is 0 Å². The monoisotopic (exact) mass is 651 g/mol. The Labute approximate surface area is 295 Å². The SMILES string of the molecule is C1=CC(n2c3ccccc3c3c(-n4c5ccccc5c5ccc6c7ccccc7n(-c7cccc(-c8ccccc8)c7)c6c54)cccc32)=CCC1. The molecule has 3 aromatic heterocycles. The summed E-state index contributed by atoms with van der Waals surface area (Å²) in [5.74, 6) is 0. The fourth-order valence-electron chi connectivity index (χ4n) is 8.70. The zero-order valence-corrected chi connectivity index (χ0v) is 28.0. The molecule has 3 nitrogen and oxygen atoms in total. The van der Waals surface area contributed by atoms with Gasteiger partial charge in [0.1, 0.15) is 0 Å². The lowest BCUT2D eigenvalue weighted by Crippen LogP contribution is -2.00. The van der Waals surface area contributed by atoms with Gasteiger partial charge in [0.05, 0.1) is 38.8 Å². The molecule has 10 aromatic rings. The van der Waals surface area contributed by atoms with Crippen LogP contribution >= 0.6 is 0 Å². The highest BCUT2D eigenvalue weighted by atomic mass is 15.1. The van der Waals surface area contributed by atoms with Crippen LogP contribution in [-0.2, 0) is 0 Å². The van der Waals surface area contributed by atoms with Gasteiger partial charge in [-0.1, -0.05) is 127 Å². The van der Waals surface area contributed by atoms with E-state index in [0.29, 0.717) is 0 Å². The van der Waals surface area contributed by atoms with Gasteiger partial charge in [-0.25, -0.2) is 0 Å². The van der Waals surface area contributed by atoms with Gasteiger partial charge >= 0.3 is 0 Å². The summed E-state index contributed by atoms with van der Waals surface area (Å²) in [6, 6.07) is 57.9. The molecule has 1 aliphatic rings. The van der Waals surface area contributed by atoms with Gasteiger partial charge in [0, 0.05) is 43.7 Å². The summed E-state index contributed by atoms with van der Waals surface area (Å²) in [5.41, 5.74) is 13.3. The minimum absolute atomic E-state index is 1.06. The van der Waals surface area contributed by atoms with Crippen molar-refractivity contribution in [3.05, 3.63) is 176 Å². The average molecular weight is 652 g/mol. The van der Waals surface area contributed by atoms with Crippen LogP contribution in [0.1, 0.15) is 12.8 Å². The molecule has 0 spiro atoms. The number of rotatable bonds is 4. The van der Waals surface area contributed by atoms with Gasteiger partial charge < -0.3 is 13.7 Å². The summed E-state index contributed by atoms with van der Waals surface area (Å²) in [4.78, 5) is 0. The summed E-state index contributed by atoms with van der Waals surface area (Å²) >= 11 is 0. The second-order valence-corrected chi connectivity index (χ2v) is 13.6. The highest BCUT2D eigenvalue weighted by Crippen LogP contribution is 2.44. The highest BCUT2D eigenvalue weighted by Gasteiger charge is 2.24. The van der Waals surface area contributed by atoms with Crippen molar-refractivity contribution in [2.45, 2.75) is 12.8 Å². The van der Waals surface area contributed by atoms with Crippen molar-refractivity contribution in [2.24, 2.45) is 0 Å². The van der Waals surface area contributed by atoms with E-state index in [4.69, 9.17) is 0 Å². The molecule has 0 unspecified atom stereocenters. The average Bonchev–Trinajstić information content (AvgIpc) is 3.85. The number of hydrogen-bond acceptors (Lipinski definition) is 0. The Morgan fingerprint density at radius 3 is 1.71 bits per heavy atom.